The van der Waals surface area contributed by atoms with Gasteiger partial charge in [0.25, 0.3) is 0 Å². The van der Waals surface area contributed by atoms with Crippen molar-refractivity contribution < 1.29 is 0 Å². The van der Waals surface area contributed by atoms with Crippen LogP contribution in [0.5, 0.6) is 0 Å². The van der Waals surface area contributed by atoms with Crippen molar-refractivity contribution in [2.75, 3.05) is 0 Å². The van der Waals surface area contributed by atoms with Crippen molar-refractivity contribution in [2.45, 2.75) is 13.1 Å². The fourth-order valence-electron chi connectivity index (χ4n) is 1.93. The maximum atomic E-state index is 4.15. The molecule has 0 bridgehead atoms. The molecule has 0 aliphatic heterocycles. The summed E-state index contributed by atoms with van der Waals surface area (Å²) in [6.45, 7) is 1.41. The van der Waals surface area contributed by atoms with E-state index in [1.54, 1.807) is 12.5 Å². The Labute approximate surface area is 117 Å². The van der Waals surface area contributed by atoms with Gasteiger partial charge in [-0.2, -0.15) is 0 Å². The van der Waals surface area contributed by atoms with Crippen LogP contribution in [-0.2, 0) is 13.1 Å². The quantitative estimate of drug-likeness (QED) is 0.711. The Hall–Kier alpha value is -2.69. The van der Waals surface area contributed by atoms with Gasteiger partial charge in [0.15, 0.2) is 0 Å². The van der Waals surface area contributed by atoms with Crippen LogP contribution in [0.2, 0.25) is 0 Å². The van der Waals surface area contributed by atoms with E-state index in [2.05, 4.69) is 39.6 Å². The zero-order valence-electron chi connectivity index (χ0n) is 11.0. The lowest BCUT2D eigenvalue weighted by Crippen LogP contribution is -1.96. The molecule has 100 valence electrons. The van der Waals surface area contributed by atoms with E-state index in [4.69, 9.17) is 0 Å². The molecule has 5 heteroatoms. The Balaban J connectivity index is 1.59. The molecule has 1 aromatic carbocycles. The maximum absolute atomic E-state index is 4.15. The van der Waals surface area contributed by atoms with Crippen molar-refractivity contribution in [3.05, 3.63) is 72.6 Å². The minimum Gasteiger partial charge on any atom is -0.331 e. The van der Waals surface area contributed by atoms with Crippen molar-refractivity contribution in [1.29, 1.82) is 0 Å². The van der Waals surface area contributed by atoms with Crippen molar-refractivity contribution >= 4 is 6.08 Å². The zero-order chi connectivity index (χ0) is 13.6. The SMILES string of the molecule is C(=Cc1ccccc1)Cn1cc(Cn2ccnc2)nn1. The summed E-state index contributed by atoms with van der Waals surface area (Å²) in [6.07, 6.45) is 11.5. The van der Waals surface area contributed by atoms with Crippen LogP contribution in [0.15, 0.2) is 61.3 Å². The van der Waals surface area contributed by atoms with Crippen molar-refractivity contribution in [2.24, 2.45) is 0 Å². The third kappa shape index (κ3) is 3.20. The third-order valence-electron chi connectivity index (χ3n) is 2.89. The Bertz CT molecular complexity index is 667. The molecular weight excluding hydrogens is 250 g/mol. The van der Waals surface area contributed by atoms with Crippen LogP contribution in [0.4, 0.5) is 0 Å². The molecule has 0 amide bonds. The van der Waals surface area contributed by atoms with Gasteiger partial charge in [0.1, 0.15) is 5.69 Å². The summed E-state index contributed by atoms with van der Waals surface area (Å²) in [5.74, 6) is 0. The van der Waals surface area contributed by atoms with E-state index in [0.717, 1.165) is 5.69 Å². The molecule has 5 nitrogen and oxygen atoms in total. The van der Waals surface area contributed by atoms with Crippen LogP contribution in [0, 0.1) is 0 Å². The second-order valence-electron chi connectivity index (χ2n) is 4.48. The number of imidazole rings is 1. The molecule has 0 saturated heterocycles. The first-order valence-electron chi connectivity index (χ1n) is 6.46. The molecule has 0 atom stereocenters. The van der Waals surface area contributed by atoms with E-state index in [9.17, 15) is 0 Å². The third-order valence-corrected chi connectivity index (χ3v) is 2.89. The summed E-state index contributed by atoms with van der Waals surface area (Å²) < 4.78 is 3.79. The number of rotatable bonds is 5. The Morgan fingerprint density at radius 2 is 2.05 bits per heavy atom. The number of hydrogen-bond acceptors (Lipinski definition) is 3. The highest BCUT2D eigenvalue weighted by Crippen LogP contribution is 2.02. The molecule has 0 N–H and O–H groups in total. The molecule has 0 radical (unpaired) electrons. The normalized spacial score (nSPS) is 11.2. The molecular formula is C15H15N5. The lowest BCUT2D eigenvalue weighted by Gasteiger charge is -1.96. The standard InChI is InChI=1S/C15H15N5/c1-2-5-14(6-3-1)7-4-9-20-12-15(17-18-20)11-19-10-8-16-13-19/h1-8,10,12-13H,9,11H2. The smallest absolute Gasteiger partial charge is 0.102 e. The lowest BCUT2D eigenvalue weighted by atomic mass is 10.2. The molecule has 0 fully saturated rings. The average Bonchev–Trinajstić information content (AvgIpc) is 3.13. The summed E-state index contributed by atoms with van der Waals surface area (Å²) in [4.78, 5) is 4.01. The minimum absolute atomic E-state index is 0.697. The highest BCUT2D eigenvalue weighted by Gasteiger charge is 2.00. The largest absolute Gasteiger partial charge is 0.331 e. The average molecular weight is 265 g/mol. The second-order valence-corrected chi connectivity index (χ2v) is 4.48. The lowest BCUT2D eigenvalue weighted by molar-refractivity contribution is 0.661. The molecule has 0 saturated carbocycles. The van der Waals surface area contributed by atoms with Crippen molar-refractivity contribution in [1.82, 2.24) is 24.5 Å². The van der Waals surface area contributed by atoms with Gasteiger partial charge in [0.2, 0.25) is 0 Å². The summed E-state index contributed by atoms with van der Waals surface area (Å²) in [5.41, 5.74) is 2.11. The van der Waals surface area contributed by atoms with Crippen molar-refractivity contribution in [3.63, 3.8) is 0 Å². The number of hydrogen-bond donors (Lipinski definition) is 0. The molecule has 3 rings (SSSR count). The molecule has 2 heterocycles. The first-order valence-corrected chi connectivity index (χ1v) is 6.46. The molecule has 2 aromatic heterocycles. The van der Waals surface area contributed by atoms with E-state index in [1.807, 2.05) is 39.8 Å². The van der Waals surface area contributed by atoms with Gasteiger partial charge in [-0.25, -0.2) is 9.67 Å². The van der Waals surface area contributed by atoms with Crippen LogP contribution in [-0.4, -0.2) is 24.5 Å². The predicted octanol–water partition coefficient (Wildman–Crippen LogP) is 2.24. The molecule has 0 unspecified atom stereocenters. The van der Waals surface area contributed by atoms with Gasteiger partial charge in [-0.05, 0) is 5.56 Å². The van der Waals surface area contributed by atoms with Gasteiger partial charge in [-0.15, -0.1) is 5.10 Å². The van der Waals surface area contributed by atoms with Gasteiger partial charge < -0.3 is 4.57 Å². The van der Waals surface area contributed by atoms with Gasteiger partial charge in [-0.3, -0.25) is 0 Å². The molecule has 20 heavy (non-hydrogen) atoms. The number of benzene rings is 1. The summed E-state index contributed by atoms with van der Waals surface area (Å²) >= 11 is 0. The Kier molecular flexibility index (Phi) is 3.68. The highest BCUT2D eigenvalue weighted by atomic mass is 15.4. The van der Waals surface area contributed by atoms with Crippen molar-refractivity contribution in [3.8, 4) is 0 Å². The van der Waals surface area contributed by atoms with E-state index in [-0.39, 0.29) is 0 Å². The summed E-state index contributed by atoms with van der Waals surface area (Å²) in [7, 11) is 0. The van der Waals surface area contributed by atoms with Gasteiger partial charge in [-0.1, -0.05) is 47.7 Å². The predicted molar refractivity (Wildman–Crippen MR) is 76.8 cm³/mol. The maximum Gasteiger partial charge on any atom is 0.102 e. The summed E-state index contributed by atoms with van der Waals surface area (Å²) in [5, 5.41) is 8.26. The number of aromatic nitrogens is 5. The van der Waals surface area contributed by atoms with Crippen LogP contribution in [0.25, 0.3) is 6.08 Å². The van der Waals surface area contributed by atoms with Gasteiger partial charge >= 0.3 is 0 Å². The van der Waals surface area contributed by atoms with E-state index in [1.165, 1.54) is 5.56 Å². The zero-order valence-corrected chi connectivity index (χ0v) is 11.0. The Morgan fingerprint density at radius 1 is 1.15 bits per heavy atom. The van der Waals surface area contributed by atoms with Gasteiger partial charge in [0, 0.05) is 12.4 Å². The minimum atomic E-state index is 0.697. The number of nitrogens with zero attached hydrogens (tertiary/aromatic N) is 5. The highest BCUT2D eigenvalue weighted by molar-refractivity contribution is 5.48. The first kappa shape index (κ1) is 12.3. The molecule has 0 aliphatic rings. The van der Waals surface area contributed by atoms with E-state index in [0.29, 0.717) is 13.1 Å². The van der Waals surface area contributed by atoms with Crippen LogP contribution in [0.1, 0.15) is 11.3 Å². The number of allylic oxidation sites excluding steroid dienone is 1. The van der Waals surface area contributed by atoms with E-state index < -0.39 is 0 Å². The fourth-order valence-corrected chi connectivity index (χ4v) is 1.93. The van der Waals surface area contributed by atoms with Crippen LogP contribution in [0.3, 0.4) is 0 Å². The fraction of sp³-hybridized carbons (Fsp3) is 0.133. The second kappa shape index (κ2) is 5.97. The van der Waals surface area contributed by atoms with Crippen LogP contribution >= 0.6 is 0 Å². The monoisotopic (exact) mass is 265 g/mol. The molecule has 3 aromatic rings. The molecule has 0 spiro atoms. The molecule has 0 aliphatic carbocycles. The van der Waals surface area contributed by atoms with E-state index >= 15 is 0 Å². The topological polar surface area (TPSA) is 48.5 Å². The van der Waals surface area contributed by atoms with Crippen LogP contribution < -0.4 is 0 Å². The summed E-state index contributed by atoms with van der Waals surface area (Å²) in [6, 6.07) is 10.2. The van der Waals surface area contributed by atoms with Gasteiger partial charge in [0.05, 0.1) is 25.6 Å². The Morgan fingerprint density at radius 3 is 2.85 bits per heavy atom. The first-order chi connectivity index (χ1) is 9.90.